The highest BCUT2D eigenvalue weighted by Gasteiger charge is 2.22. The van der Waals surface area contributed by atoms with Gasteiger partial charge >= 0.3 is 0 Å². The molecule has 0 atom stereocenters. The van der Waals surface area contributed by atoms with Crippen LogP contribution >= 0.6 is 0 Å². The highest BCUT2D eigenvalue weighted by atomic mass is 15.3. The zero-order valence-corrected chi connectivity index (χ0v) is 16.3. The van der Waals surface area contributed by atoms with Crippen molar-refractivity contribution in [2.75, 3.05) is 36.8 Å². The van der Waals surface area contributed by atoms with Gasteiger partial charge < -0.3 is 10.6 Å². The maximum Gasteiger partial charge on any atom is 0.137 e. The Hall–Kier alpha value is -3.38. The summed E-state index contributed by atoms with van der Waals surface area (Å²) in [5.74, 6) is 0. The molecule has 0 aliphatic carbocycles. The van der Waals surface area contributed by atoms with E-state index in [0.717, 1.165) is 61.1 Å². The van der Waals surface area contributed by atoms with Crippen molar-refractivity contribution < 1.29 is 0 Å². The first-order valence-corrected chi connectivity index (χ1v) is 9.98. The van der Waals surface area contributed by atoms with Gasteiger partial charge in [-0.3, -0.25) is 14.3 Å². The average Bonchev–Trinajstić information content (AvgIpc) is 3.13. The Kier molecular flexibility index (Phi) is 4.62. The minimum Gasteiger partial charge on any atom is -0.398 e. The summed E-state index contributed by atoms with van der Waals surface area (Å²) in [6, 6.07) is 20.4. The molecule has 0 spiro atoms. The quantitative estimate of drug-likeness (QED) is 0.585. The molecule has 6 heteroatoms. The Morgan fingerprint density at radius 3 is 2.41 bits per heavy atom. The molecule has 2 N–H and O–H groups in total. The minimum absolute atomic E-state index is 0.734. The van der Waals surface area contributed by atoms with Crippen molar-refractivity contribution in [2.45, 2.75) is 6.54 Å². The molecule has 4 aromatic rings. The second-order valence-corrected chi connectivity index (χ2v) is 7.41. The van der Waals surface area contributed by atoms with Gasteiger partial charge in [0.1, 0.15) is 11.3 Å². The van der Waals surface area contributed by atoms with Crippen molar-refractivity contribution in [1.29, 1.82) is 0 Å². The lowest BCUT2D eigenvalue weighted by molar-refractivity contribution is 0.247. The number of nitrogen functional groups attached to an aromatic ring is 1. The number of nitrogens with two attached hydrogens (primary N) is 1. The first-order chi connectivity index (χ1) is 14.3. The van der Waals surface area contributed by atoms with E-state index in [1.807, 2.05) is 42.7 Å². The lowest BCUT2D eigenvalue weighted by Crippen LogP contribution is -2.46. The van der Waals surface area contributed by atoms with Crippen molar-refractivity contribution in [3.8, 4) is 11.4 Å². The molecule has 6 nitrogen and oxygen atoms in total. The molecular formula is C23H24N6. The summed E-state index contributed by atoms with van der Waals surface area (Å²) in [4.78, 5) is 14.3. The Labute approximate surface area is 170 Å². The second kappa shape index (κ2) is 7.56. The molecule has 146 valence electrons. The summed E-state index contributed by atoms with van der Waals surface area (Å²) >= 11 is 0. The highest BCUT2D eigenvalue weighted by molar-refractivity contribution is 5.64. The number of piperazine rings is 1. The molecule has 1 aliphatic heterocycles. The second-order valence-electron chi connectivity index (χ2n) is 7.41. The molecule has 29 heavy (non-hydrogen) atoms. The largest absolute Gasteiger partial charge is 0.398 e. The van der Waals surface area contributed by atoms with Gasteiger partial charge in [-0.25, -0.2) is 4.98 Å². The molecule has 1 aromatic carbocycles. The topological polar surface area (TPSA) is 62.7 Å². The van der Waals surface area contributed by atoms with Gasteiger partial charge in [0.25, 0.3) is 0 Å². The monoisotopic (exact) mass is 384 g/mol. The van der Waals surface area contributed by atoms with E-state index in [1.54, 1.807) is 0 Å². The van der Waals surface area contributed by atoms with Crippen molar-refractivity contribution in [1.82, 2.24) is 19.3 Å². The van der Waals surface area contributed by atoms with Crippen LogP contribution in [0.5, 0.6) is 0 Å². The van der Waals surface area contributed by atoms with Gasteiger partial charge in [0.05, 0.1) is 11.4 Å². The molecule has 3 aromatic heterocycles. The van der Waals surface area contributed by atoms with Crippen LogP contribution in [0.3, 0.4) is 0 Å². The van der Waals surface area contributed by atoms with E-state index in [0.29, 0.717) is 0 Å². The van der Waals surface area contributed by atoms with Gasteiger partial charge in [0.15, 0.2) is 0 Å². The molecule has 0 bridgehead atoms. The van der Waals surface area contributed by atoms with Crippen LogP contribution in [0.1, 0.15) is 5.69 Å². The number of benzene rings is 1. The normalized spacial score (nSPS) is 15.1. The Morgan fingerprint density at radius 2 is 1.66 bits per heavy atom. The van der Waals surface area contributed by atoms with E-state index in [4.69, 9.17) is 10.7 Å². The van der Waals surface area contributed by atoms with Gasteiger partial charge in [-0.15, -0.1) is 0 Å². The van der Waals surface area contributed by atoms with Crippen LogP contribution in [0.4, 0.5) is 11.4 Å². The molecule has 0 amide bonds. The summed E-state index contributed by atoms with van der Waals surface area (Å²) in [7, 11) is 0. The fraction of sp³-hybridized carbons (Fsp3) is 0.217. The first-order valence-electron chi connectivity index (χ1n) is 9.98. The lowest BCUT2D eigenvalue weighted by Gasteiger charge is -2.36. The number of nitrogens with zero attached hydrogens (tertiary/aromatic N) is 5. The van der Waals surface area contributed by atoms with Gasteiger partial charge in [0.2, 0.25) is 0 Å². The third kappa shape index (κ3) is 3.54. The zero-order chi connectivity index (χ0) is 19.6. The first kappa shape index (κ1) is 17.7. The number of pyridine rings is 2. The van der Waals surface area contributed by atoms with E-state index in [1.165, 1.54) is 5.69 Å². The molecule has 1 aliphatic rings. The summed E-state index contributed by atoms with van der Waals surface area (Å²) < 4.78 is 2.11. The van der Waals surface area contributed by atoms with Crippen LogP contribution in [-0.2, 0) is 6.54 Å². The Morgan fingerprint density at radius 1 is 0.862 bits per heavy atom. The smallest absolute Gasteiger partial charge is 0.137 e. The molecule has 0 saturated carbocycles. The number of aromatic nitrogens is 3. The summed E-state index contributed by atoms with van der Waals surface area (Å²) in [5.41, 5.74) is 12.0. The van der Waals surface area contributed by atoms with E-state index in [2.05, 4.69) is 49.5 Å². The summed E-state index contributed by atoms with van der Waals surface area (Å²) in [6.07, 6.45) is 3.78. The predicted molar refractivity (Wildman–Crippen MR) is 117 cm³/mol. The number of rotatable bonds is 4. The van der Waals surface area contributed by atoms with E-state index >= 15 is 0 Å². The van der Waals surface area contributed by atoms with Crippen LogP contribution in [0.25, 0.3) is 17.0 Å². The van der Waals surface area contributed by atoms with Crippen LogP contribution in [0.15, 0.2) is 73.1 Å². The molecule has 4 heterocycles. The van der Waals surface area contributed by atoms with Gasteiger partial charge in [-0.05, 0) is 36.4 Å². The third-order valence-electron chi connectivity index (χ3n) is 5.51. The molecule has 1 saturated heterocycles. The van der Waals surface area contributed by atoms with Crippen molar-refractivity contribution >= 4 is 17.0 Å². The summed E-state index contributed by atoms with van der Waals surface area (Å²) in [5, 5.41) is 0. The third-order valence-corrected chi connectivity index (χ3v) is 5.51. The van der Waals surface area contributed by atoms with Crippen molar-refractivity contribution in [3.63, 3.8) is 0 Å². The van der Waals surface area contributed by atoms with Crippen molar-refractivity contribution in [2.24, 2.45) is 0 Å². The van der Waals surface area contributed by atoms with E-state index in [-0.39, 0.29) is 0 Å². The van der Waals surface area contributed by atoms with Crippen LogP contribution in [0.2, 0.25) is 0 Å². The number of fused-ring (bicyclic) bond motifs is 1. The number of hydrogen-bond donors (Lipinski definition) is 1. The molecule has 0 radical (unpaired) electrons. The maximum absolute atomic E-state index is 6.07. The molecule has 0 unspecified atom stereocenters. The Balaban J connectivity index is 1.42. The highest BCUT2D eigenvalue weighted by Crippen LogP contribution is 2.26. The minimum atomic E-state index is 0.734. The number of anilines is 2. The summed E-state index contributed by atoms with van der Waals surface area (Å²) in [6.45, 7) is 4.86. The van der Waals surface area contributed by atoms with Gasteiger partial charge in [-0.2, -0.15) is 0 Å². The Bertz CT molecular complexity index is 1100. The molecular weight excluding hydrogens is 360 g/mol. The SMILES string of the molecule is Nc1ccc2nc(-c3ccccn3)c(CN3CCN(c4ccccc4)CC3)n2c1. The number of hydrogen-bond acceptors (Lipinski definition) is 5. The lowest BCUT2D eigenvalue weighted by atomic mass is 10.2. The average molecular weight is 384 g/mol. The fourth-order valence-corrected chi connectivity index (χ4v) is 3.98. The standard InChI is InChI=1S/C23H24N6/c24-18-9-10-22-26-23(20-8-4-5-11-25-20)21(29(22)16-18)17-27-12-14-28(15-13-27)19-6-2-1-3-7-19/h1-11,16H,12-15,17,24H2. The fourth-order valence-electron chi connectivity index (χ4n) is 3.98. The van der Waals surface area contributed by atoms with Crippen LogP contribution < -0.4 is 10.6 Å². The van der Waals surface area contributed by atoms with Gasteiger partial charge in [0, 0.05) is 56.5 Å². The number of para-hydroxylation sites is 1. The zero-order valence-electron chi connectivity index (χ0n) is 16.3. The maximum atomic E-state index is 6.07. The van der Waals surface area contributed by atoms with E-state index < -0.39 is 0 Å². The van der Waals surface area contributed by atoms with Crippen LogP contribution in [-0.4, -0.2) is 45.4 Å². The van der Waals surface area contributed by atoms with Crippen molar-refractivity contribution in [3.05, 3.63) is 78.8 Å². The molecule has 1 fully saturated rings. The van der Waals surface area contributed by atoms with Gasteiger partial charge in [-0.1, -0.05) is 24.3 Å². The predicted octanol–water partition coefficient (Wildman–Crippen LogP) is 3.30. The van der Waals surface area contributed by atoms with E-state index in [9.17, 15) is 0 Å². The molecule has 5 rings (SSSR count). The van der Waals surface area contributed by atoms with Crippen LogP contribution in [0, 0.1) is 0 Å². The number of imidazole rings is 1.